The van der Waals surface area contributed by atoms with Gasteiger partial charge in [0.2, 0.25) is 0 Å². The molecule has 178 valence electrons. The maximum absolute atomic E-state index is 13.4. The highest BCUT2D eigenvalue weighted by Crippen LogP contribution is 2.36. The predicted molar refractivity (Wildman–Crippen MR) is 134 cm³/mol. The lowest BCUT2D eigenvalue weighted by Gasteiger charge is -2.32. The van der Waals surface area contributed by atoms with Crippen LogP contribution in [-0.4, -0.2) is 53.2 Å². The highest BCUT2D eigenvalue weighted by Gasteiger charge is 2.24. The van der Waals surface area contributed by atoms with E-state index in [4.69, 9.17) is 9.57 Å². The SMILES string of the molecule is CC(=O)O/N=C1\CCn2c3ccc(C(=O)C4=CCC(N5CCOCC5)=CC4)cc3c3cccc1c32. The largest absolute Gasteiger partial charge is 0.378 e. The maximum Gasteiger partial charge on any atom is 0.331 e. The van der Waals surface area contributed by atoms with Gasteiger partial charge in [0.25, 0.3) is 0 Å². The summed E-state index contributed by atoms with van der Waals surface area (Å²) in [6, 6.07) is 12.1. The number of para-hydroxylation sites is 1. The number of allylic oxidation sites excluding steroid dienone is 3. The average Bonchev–Trinajstić information content (AvgIpc) is 3.23. The van der Waals surface area contributed by atoms with Crippen LogP contribution in [-0.2, 0) is 20.9 Å². The van der Waals surface area contributed by atoms with Crippen molar-refractivity contribution in [3.8, 4) is 0 Å². The number of hydrogen-bond acceptors (Lipinski definition) is 6. The van der Waals surface area contributed by atoms with Crippen molar-refractivity contribution < 1.29 is 19.2 Å². The molecule has 1 saturated heterocycles. The molecule has 1 aromatic heterocycles. The van der Waals surface area contributed by atoms with Crippen LogP contribution in [0.5, 0.6) is 0 Å². The minimum absolute atomic E-state index is 0.0909. The van der Waals surface area contributed by atoms with Gasteiger partial charge in [0, 0.05) is 78.1 Å². The van der Waals surface area contributed by atoms with Crippen molar-refractivity contribution in [2.24, 2.45) is 5.16 Å². The van der Waals surface area contributed by atoms with E-state index in [1.165, 1.54) is 12.6 Å². The molecular weight excluding hydrogens is 442 g/mol. The molecule has 35 heavy (non-hydrogen) atoms. The second-order valence-corrected chi connectivity index (χ2v) is 9.22. The summed E-state index contributed by atoms with van der Waals surface area (Å²) in [6.07, 6.45) is 6.41. The third-order valence-corrected chi connectivity index (χ3v) is 7.14. The van der Waals surface area contributed by atoms with Gasteiger partial charge in [-0.25, -0.2) is 4.79 Å². The van der Waals surface area contributed by atoms with Gasteiger partial charge >= 0.3 is 5.97 Å². The summed E-state index contributed by atoms with van der Waals surface area (Å²) >= 11 is 0. The van der Waals surface area contributed by atoms with Crippen LogP contribution in [0.2, 0.25) is 0 Å². The number of carbonyl (C=O) groups excluding carboxylic acids is 2. The summed E-state index contributed by atoms with van der Waals surface area (Å²) in [5.74, 6) is -0.337. The molecule has 0 N–H and O–H groups in total. The minimum atomic E-state index is -0.428. The molecule has 7 nitrogen and oxygen atoms in total. The number of nitrogens with zero attached hydrogens (tertiary/aromatic N) is 3. The number of oxime groups is 1. The normalized spacial score (nSPS) is 19.1. The quantitative estimate of drug-likeness (QED) is 0.318. The second-order valence-electron chi connectivity index (χ2n) is 9.22. The number of aromatic nitrogens is 1. The zero-order valence-electron chi connectivity index (χ0n) is 19.8. The van der Waals surface area contributed by atoms with Crippen molar-refractivity contribution in [3.63, 3.8) is 0 Å². The molecule has 0 spiro atoms. The Balaban J connectivity index is 1.32. The third kappa shape index (κ3) is 3.86. The van der Waals surface area contributed by atoms with Crippen LogP contribution >= 0.6 is 0 Å². The molecule has 1 aliphatic carbocycles. The fourth-order valence-corrected chi connectivity index (χ4v) is 5.43. The lowest BCUT2D eigenvalue weighted by Crippen LogP contribution is -2.35. The molecule has 0 atom stereocenters. The first-order valence-electron chi connectivity index (χ1n) is 12.2. The van der Waals surface area contributed by atoms with Crippen LogP contribution < -0.4 is 0 Å². The second kappa shape index (κ2) is 8.82. The first-order chi connectivity index (χ1) is 17.1. The van der Waals surface area contributed by atoms with Crippen molar-refractivity contribution in [1.82, 2.24) is 9.47 Å². The van der Waals surface area contributed by atoms with Gasteiger partial charge in [-0.05, 0) is 24.6 Å². The number of carbonyl (C=O) groups is 2. The fraction of sp³-hybridized carbons (Fsp3) is 0.321. The zero-order chi connectivity index (χ0) is 23.9. The van der Waals surface area contributed by atoms with Crippen LogP contribution in [0.1, 0.15) is 42.1 Å². The highest BCUT2D eigenvalue weighted by molar-refractivity contribution is 6.20. The van der Waals surface area contributed by atoms with E-state index in [1.54, 1.807) is 0 Å². The molecule has 0 unspecified atom stereocenters. The molecule has 6 rings (SSSR count). The summed E-state index contributed by atoms with van der Waals surface area (Å²) in [5.41, 5.74) is 6.76. The van der Waals surface area contributed by atoms with Crippen molar-refractivity contribution in [3.05, 3.63) is 70.9 Å². The van der Waals surface area contributed by atoms with E-state index in [9.17, 15) is 9.59 Å². The molecule has 0 radical (unpaired) electrons. The Labute approximate surface area is 203 Å². The lowest BCUT2D eigenvalue weighted by atomic mass is 9.94. The Kier molecular flexibility index (Phi) is 5.49. The summed E-state index contributed by atoms with van der Waals surface area (Å²) in [6.45, 7) is 5.45. The smallest absolute Gasteiger partial charge is 0.331 e. The van der Waals surface area contributed by atoms with E-state index < -0.39 is 5.97 Å². The van der Waals surface area contributed by atoms with Gasteiger partial charge in [-0.2, -0.15) is 0 Å². The van der Waals surface area contributed by atoms with E-state index >= 15 is 0 Å². The van der Waals surface area contributed by atoms with Crippen molar-refractivity contribution >= 4 is 39.3 Å². The van der Waals surface area contributed by atoms with Gasteiger partial charge in [0.15, 0.2) is 5.78 Å². The topological polar surface area (TPSA) is 73.1 Å². The number of hydrogen-bond donors (Lipinski definition) is 0. The van der Waals surface area contributed by atoms with Crippen molar-refractivity contribution in [2.75, 3.05) is 26.3 Å². The molecular formula is C28H27N3O4. The molecule has 7 heteroatoms. The van der Waals surface area contributed by atoms with Gasteiger partial charge in [0.1, 0.15) is 0 Å². The van der Waals surface area contributed by atoms with Gasteiger partial charge in [0.05, 0.1) is 24.4 Å². The lowest BCUT2D eigenvalue weighted by molar-refractivity contribution is -0.140. The average molecular weight is 470 g/mol. The standard InChI is InChI=1S/C28H27N3O4/c1-18(32)35-29-25-11-12-31-26-10-7-20(17-24(26)22-3-2-4-23(25)27(22)31)28(33)19-5-8-21(9-6-19)30-13-15-34-16-14-30/h2-5,7,9-10,17H,6,8,11-16H2,1H3/b29-25+. The van der Waals surface area contributed by atoms with E-state index in [1.807, 2.05) is 24.3 Å². The van der Waals surface area contributed by atoms with Crippen LogP contribution in [0.15, 0.2) is 65.0 Å². The molecule has 2 aliphatic heterocycles. The zero-order valence-corrected chi connectivity index (χ0v) is 19.8. The Morgan fingerprint density at radius 2 is 1.86 bits per heavy atom. The van der Waals surface area contributed by atoms with Crippen LogP contribution in [0.4, 0.5) is 0 Å². The monoisotopic (exact) mass is 469 g/mol. The molecule has 0 saturated carbocycles. The summed E-state index contributed by atoms with van der Waals surface area (Å²) in [4.78, 5) is 32.0. The van der Waals surface area contributed by atoms with E-state index in [2.05, 4.69) is 38.9 Å². The molecule has 0 amide bonds. The van der Waals surface area contributed by atoms with Crippen LogP contribution in [0, 0.1) is 0 Å². The number of Topliss-reactive ketones (excluding diaryl/α,β-unsaturated/α-hetero) is 1. The van der Waals surface area contributed by atoms with Gasteiger partial charge in [-0.1, -0.05) is 35.5 Å². The summed E-state index contributed by atoms with van der Waals surface area (Å²) in [7, 11) is 0. The summed E-state index contributed by atoms with van der Waals surface area (Å²) in [5, 5.41) is 6.24. The van der Waals surface area contributed by atoms with Crippen molar-refractivity contribution in [2.45, 2.75) is 32.7 Å². The number of morpholine rings is 1. The Bertz CT molecular complexity index is 1450. The minimum Gasteiger partial charge on any atom is -0.378 e. The third-order valence-electron chi connectivity index (χ3n) is 7.14. The molecule has 3 heterocycles. The molecule has 1 fully saturated rings. The molecule has 0 bridgehead atoms. The number of fused-ring (bicyclic) bond motifs is 3. The Morgan fingerprint density at radius 3 is 2.63 bits per heavy atom. The first-order valence-corrected chi connectivity index (χ1v) is 12.2. The Hall–Kier alpha value is -3.71. The highest BCUT2D eigenvalue weighted by atomic mass is 16.7. The first kappa shape index (κ1) is 21.8. The van der Waals surface area contributed by atoms with Crippen molar-refractivity contribution in [1.29, 1.82) is 0 Å². The fourth-order valence-electron chi connectivity index (χ4n) is 5.43. The number of aryl methyl sites for hydroxylation is 1. The number of ether oxygens (including phenoxy) is 1. The van der Waals surface area contributed by atoms with Gasteiger partial charge in [-0.3, -0.25) is 4.79 Å². The summed E-state index contributed by atoms with van der Waals surface area (Å²) < 4.78 is 7.73. The van der Waals surface area contributed by atoms with E-state index in [-0.39, 0.29) is 5.78 Å². The van der Waals surface area contributed by atoms with E-state index in [0.717, 1.165) is 77.9 Å². The number of benzene rings is 2. The maximum atomic E-state index is 13.4. The van der Waals surface area contributed by atoms with Crippen LogP contribution in [0.25, 0.3) is 21.8 Å². The van der Waals surface area contributed by atoms with Crippen LogP contribution in [0.3, 0.4) is 0 Å². The van der Waals surface area contributed by atoms with E-state index in [0.29, 0.717) is 18.4 Å². The van der Waals surface area contributed by atoms with Gasteiger partial charge < -0.3 is 19.0 Å². The number of rotatable bonds is 4. The molecule has 3 aliphatic rings. The molecule has 2 aromatic carbocycles. The predicted octanol–water partition coefficient (Wildman–Crippen LogP) is 4.58. The number of ketones is 1. The molecule has 3 aromatic rings. The van der Waals surface area contributed by atoms with Gasteiger partial charge in [-0.15, -0.1) is 0 Å². The Morgan fingerprint density at radius 1 is 1.00 bits per heavy atom.